The third kappa shape index (κ3) is 5.62. The Labute approximate surface area is 164 Å². The van der Waals surface area contributed by atoms with E-state index in [0.717, 1.165) is 37.2 Å². The minimum absolute atomic E-state index is 0.0656. The summed E-state index contributed by atoms with van der Waals surface area (Å²) in [5, 5.41) is 5.92. The largest absolute Gasteiger partial charge is 0.339 e. The molecule has 5 nitrogen and oxygen atoms in total. The molecule has 1 aliphatic rings. The molecule has 2 amide bonds. The van der Waals surface area contributed by atoms with E-state index in [9.17, 15) is 9.59 Å². The monoisotopic (exact) mass is 381 g/mol. The molecule has 0 bridgehead atoms. The van der Waals surface area contributed by atoms with Gasteiger partial charge in [0.1, 0.15) is 0 Å². The van der Waals surface area contributed by atoms with Crippen molar-refractivity contribution >= 4 is 34.8 Å². The van der Waals surface area contributed by atoms with Crippen LogP contribution >= 0.6 is 12.2 Å². The fourth-order valence-electron chi connectivity index (χ4n) is 3.05. The predicted molar refractivity (Wildman–Crippen MR) is 111 cm³/mol. The first-order valence-corrected chi connectivity index (χ1v) is 9.57. The summed E-state index contributed by atoms with van der Waals surface area (Å²) in [6.07, 6.45) is 3.19. The number of hydrogen-bond acceptors (Lipinski definition) is 3. The van der Waals surface area contributed by atoms with Crippen LogP contribution in [0.2, 0.25) is 0 Å². The number of benzene rings is 2. The molecule has 1 heterocycles. The van der Waals surface area contributed by atoms with Crippen LogP contribution in [0, 0.1) is 0 Å². The van der Waals surface area contributed by atoms with Crippen LogP contribution in [0.3, 0.4) is 0 Å². The van der Waals surface area contributed by atoms with Crippen molar-refractivity contribution < 1.29 is 9.59 Å². The van der Waals surface area contributed by atoms with Crippen LogP contribution in [-0.2, 0) is 11.2 Å². The summed E-state index contributed by atoms with van der Waals surface area (Å²) in [4.78, 5) is 26.2. The van der Waals surface area contributed by atoms with Crippen molar-refractivity contribution in [2.45, 2.75) is 25.7 Å². The summed E-state index contributed by atoms with van der Waals surface area (Å²) >= 11 is 5.20. The lowest BCUT2D eigenvalue weighted by atomic mass is 10.1. The Kier molecular flexibility index (Phi) is 6.54. The van der Waals surface area contributed by atoms with Gasteiger partial charge in [0.05, 0.1) is 0 Å². The zero-order valence-corrected chi connectivity index (χ0v) is 15.9. The first kappa shape index (κ1) is 19.0. The molecule has 0 radical (unpaired) electrons. The summed E-state index contributed by atoms with van der Waals surface area (Å²) in [6.45, 7) is 1.66. The molecule has 3 rings (SSSR count). The molecule has 0 atom stereocenters. The highest BCUT2D eigenvalue weighted by Gasteiger charge is 2.19. The standard InChI is InChI=1S/C21H23N3O2S/c25-19(13-8-16-6-2-1-3-7-16)23-21(27)22-18-11-9-17(10-12-18)20(26)24-14-4-5-15-24/h1-3,6-7,9-12H,4-5,8,13-15H2,(H2,22,23,25,27). The van der Waals surface area contributed by atoms with E-state index in [1.807, 2.05) is 35.2 Å². The average molecular weight is 382 g/mol. The molecule has 1 fully saturated rings. The maximum atomic E-state index is 12.3. The van der Waals surface area contributed by atoms with Gasteiger partial charge < -0.3 is 15.5 Å². The molecule has 0 aliphatic carbocycles. The summed E-state index contributed by atoms with van der Waals surface area (Å²) < 4.78 is 0. The molecule has 0 spiro atoms. The highest BCUT2D eigenvalue weighted by molar-refractivity contribution is 7.80. The first-order chi connectivity index (χ1) is 13.1. The predicted octanol–water partition coefficient (Wildman–Crippen LogP) is 3.37. The van der Waals surface area contributed by atoms with Gasteiger partial charge >= 0.3 is 0 Å². The van der Waals surface area contributed by atoms with Crippen LogP contribution in [0.25, 0.3) is 0 Å². The van der Waals surface area contributed by atoms with E-state index in [2.05, 4.69) is 10.6 Å². The lowest BCUT2D eigenvalue weighted by Gasteiger charge is -2.15. The number of nitrogens with zero attached hydrogens (tertiary/aromatic N) is 1. The zero-order valence-electron chi connectivity index (χ0n) is 15.1. The van der Waals surface area contributed by atoms with Crippen LogP contribution in [0.5, 0.6) is 0 Å². The summed E-state index contributed by atoms with van der Waals surface area (Å²) in [6, 6.07) is 17.0. The van der Waals surface area contributed by atoms with E-state index < -0.39 is 0 Å². The van der Waals surface area contributed by atoms with Crippen molar-refractivity contribution in [3.8, 4) is 0 Å². The molecule has 2 N–H and O–H groups in total. The van der Waals surface area contributed by atoms with Gasteiger partial charge in [-0.1, -0.05) is 30.3 Å². The van der Waals surface area contributed by atoms with E-state index in [4.69, 9.17) is 12.2 Å². The normalized spacial score (nSPS) is 13.3. The van der Waals surface area contributed by atoms with E-state index in [1.165, 1.54) is 0 Å². The Bertz CT molecular complexity index is 800. The molecular weight excluding hydrogens is 358 g/mol. The van der Waals surface area contributed by atoms with Crippen molar-refractivity contribution in [1.82, 2.24) is 10.2 Å². The van der Waals surface area contributed by atoms with E-state index in [-0.39, 0.29) is 16.9 Å². The fourth-order valence-corrected chi connectivity index (χ4v) is 3.28. The summed E-state index contributed by atoms with van der Waals surface area (Å²) in [5.41, 5.74) is 2.52. The van der Waals surface area contributed by atoms with E-state index in [1.54, 1.807) is 24.3 Å². The van der Waals surface area contributed by atoms with Crippen LogP contribution < -0.4 is 10.6 Å². The number of carbonyl (C=O) groups is 2. The second-order valence-electron chi connectivity index (χ2n) is 6.56. The Balaban J connectivity index is 1.46. The van der Waals surface area contributed by atoms with Crippen molar-refractivity contribution in [2.24, 2.45) is 0 Å². The van der Waals surface area contributed by atoms with Gasteiger partial charge in [-0.05, 0) is 61.3 Å². The number of likely N-dealkylation sites (tertiary alicyclic amines) is 1. The molecule has 140 valence electrons. The Morgan fingerprint density at radius 3 is 2.30 bits per heavy atom. The van der Waals surface area contributed by atoms with Gasteiger partial charge in [0.25, 0.3) is 5.91 Å². The third-order valence-electron chi connectivity index (χ3n) is 4.52. The van der Waals surface area contributed by atoms with Gasteiger partial charge in [-0.25, -0.2) is 0 Å². The Morgan fingerprint density at radius 1 is 0.963 bits per heavy atom. The Hall–Kier alpha value is -2.73. The van der Waals surface area contributed by atoms with Gasteiger partial charge in [0.15, 0.2) is 5.11 Å². The SMILES string of the molecule is O=C(CCc1ccccc1)NC(=S)Nc1ccc(C(=O)N2CCCC2)cc1. The van der Waals surface area contributed by atoms with Gasteiger partial charge in [0.2, 0.25) is 5.91 Å². The minimum Gasteiger partial charge on any atom is -0.339 e. The number of anilines is 1. The average Bonchev–Trinajstić information content (AvgIpc) is 3.22. The molecule has 6 heteroatoms. The summed E-state index contributed by atoms with van der Waals surface area (Å²) in [7, 11) is 0. The second kappa shape index (κ2) is 9.28. The Morgan fingerprint density at radius 2 is 1.63 bits per heavy atom. The van der Waals surface area contributed by atoms with Crippen molar-refractivity contribution in [1.29, 1.82) is 0 Å². The van der Waals surface area contributed by atoms with Gasteiger partial charge in [-0.3, -0.25) is 9.59 Å². The second-order valence-corrected chi connectivity index (χ2v) is 6.97. The molecule has 2 aromatic carbocycles. The molecular formula is C21H23N3O2S. The van der Waals surface area contributed by atoms with Crippen LogP contribution in [-0.4, -0.2) is 34.9 Å². The molecule has 1 aliphatic heterocycles. The van der Waals surface area contributed by atoms with Crippen molar-refractivity contribution in [3.05, 3.63) is 65.7 Å². The zero-order chi connectivity index (χ0) is 19.1. The number of thiocarbonyl (C=S) groups is 1. The molecule has 0 saturated carbocycles. The highest BCUT2D eigenvalue weighted by Crippen LogP contribution is 2.15. The summed E-state index contributed by atoms with van der Waals surface area (Å²) in [5.74, 6) is -0.0620. The van der Waals surface area contributed by atoms with Gasteiger partial charge in [-0.15, -0.1) is 0 Å². The maximum absolute atomic E-state index is 12.3. The van der Waals surface area contributed by atoms with Crippen LogP contribution in [0.1, 0.15) is 35.2 Å². The van der Waals surface area contributed by atoms with E-state index in [0.29, 0.717) is 18.4 Å². The first-order valence-electron chi connectivity index (χ1n) is 9.16. The van der Waals surface area contributed by atoms with Crippen LogP contribution in [0.4, 0.5) is 5.69 Å². The quantitative estimate of drug-likeness (QED) is 0.780. The van der Waals surface area contributed by atoms with E-state index >= 15 is 0 Å². The number of rotatable bonds is 5. The molecule has 27 heavy (non-hydrogen) atoms. The lowest BCUT2D eigenvalue weighted by Crippen LogP contribution is -2.34. The molecule has 2 aromatic rings. The fraction of sp³-hybridized carbons (Fsp3) is 0.286. The van der Waals surface area contributed by atoms with Crippen molar-refractivity contribution in [3.63, 3.8) is 0 Å². The maximum Gasteiger partial charge on any atom is 0.253 e. The van der Waals surface area contributed by atoms with Gasteiger partial charge in [0, 0.05) is 30.8 Å². The topological polar surface area (TPSA) is 61.4 Å². The van der Waals surface area contributed by atoms with Crippen LogP contribution in [0.15, 0.2) is 54.6 Å². The number of aryl methyl sites for hydroxylation is 1. The third-order valence-corrected chi connectivity index (χ3v) is 4.72. The smallest absolute Gasteiger partial charge is 0.253 e. The number of amides is 2. The highest BCUT2D eigenvalue weighted by atomic mass is 32.1. The lowest BCUT2D eigenvalue weighted by molar-refractivity contribution is -0.119. The number of nitrogens with one attached hydrogen (secondary N) is 2. The number of carbonyl (C=O) groups excluding carboxylic acids is 2. The van der Waals surface area contributed by atoms with Crippen molar-refractivity contribution in [2.75, 3.05) is 18.4 Å². The number of hydrogen-bond donors (Lipinski definition) is 2. The minimum atomic E-state index is -0.128. The molecule has 0 unspecified atom stereocenters. The molecule has 1 saturated heterocycles. The molecule has 0 aromatic heterocycles. The van der Waals surface area contributed by atoms with Gasteiger partial charge in [-0.2, -0.15) is 0 Å².